The van der Waals surface area contributed by atoms with Crippen LogP contribution in [0.2, 0.25) is 0 Å². The van der Waals surface area contributed by atoms with E-state index in [0.29, 0.717) is 0 Å². The second-order valence-corrected chi connectivity index (χ2v) is 10.0. The third kappa shape index (κ3) is 6.43. The molecule has 3 aromatic carbocycles. The zero-order chi connectivity index (χ0) is 25.6. The van der Waals surface area contributed by atoms with E-state index in [1.54, 1.807) is 24.3 Å². The van der Waals surface area contributed by atoms with Gasteiger partial charge in [0, 0.05) is 14.1 Å². The summed E-state index contributed by atoms with van der Waals surface area (Å²) in [6, 6.07) is 20.4. The van der Waals surface area contributed by atoms with Gasteiger partial charge in [-0.25, -0.2) is 8.70 Å². The highest BCUT2D eigenvalue weighted by molar-refractivity contribution is 7.90. The van der Waals surface area contributed by atoms with Crippen LogP contribution in [0.4, 0.5) is 15.8 Å². The van der Waals surface area contributed by atoms with Crippen molar-refractivity contribution >= 4 is 33.4 Å². The number of carbonyl (C=O) groups is 2. The first-order valence-electron chi connectivity index (χ1n) is 10.8. The third-order valence-corrected chi connectivity index (χ3v) is 7.05. The second-order valence-electron chi connectivity index (χ2n) is 7.97. The Morgan fingerprint density at radius 3 is 2.14 bits per heavy atom. The maximum atomic E-state index is 13.4. The Morgan fingerprint density at radius 2 is 1.51 bits per heavy atom. The van der Waals surface area contributed by atoms with Crippen LogP contribution in [0.25, 0.3) is 0 Å². The van der Waals surface area contributed by atoms with Crippen LogP contribution < -0.4 is 14.9 Å². The first-order valence-corrected chi connectivity index (χ1v) is 12.2. The van der Waals surface area contributed by atoms with Gasteiger partial charge in [0.1, 0.15) is 12.4 Å². The van der Waals surface area contributed by atoms with Gasteiger partial charge in [-0.3, -0.25) is 9.59 Å². The van der Waals surface area contributed by atoms with Crippen molar-refractivity contribution in [1.29, 1.82) is 0 Å². The zero-order valence-corrected chi connectivity index (χ0v) is 20.4. The summed E-state index contributed by atoms with van der Waals surface area (Å²) in [6.07, 6.45) is 0. The van der Waals surface area contributed by atoms with Crippen LogP contribution in [0.5, 0.6) is 0 Å². The lowest BCUT2D eigenvalue weighted by molar-refractivity contribution is -0.114. The number of benzene rings is 3. The van der Waals surface area contributed by atoms with Crippen molar-refractivity contribution in [3.8, 4) is 0 Å². The number of para-hydroxylation sites is 1. The summed E-state index contributed by atoms with van der Waals surface area (Å²) in [5, 5.41) is 5.53. The van der Waals surface area contributed by atoms with Crippen LogP contribution in [0.1, 0.15) is 28.9 Å². The Kier molecular flexibility index (Phi) is 8.21. The molecule has 0 bridgehead atoms. The average Bonchev–Trinajstić information content (AvgIpc) is 2.84. The molecule has 0 heterocycles. The maximum Gasteiger partial charge on any atom is 0.304 e. The fourth-order valence-corrected chi connectivity index (χ4v) is 4.38. The largest absolute Gasteiger partial charge is 0.345 e. The molecule has 0 aliphatic rings. The molecule has 0 saturated heterocycles. The second kappa shape index (κ2) is 11.1. The molecule has 0 aromatic heterocycles. The van der Waals surface area contributed by atoms with Crippen molar-refractivity contribution in [2.75, 3.05) is 30.3 Å². The molecule has 1 atom stereocenters. The van der Waals surface area contributed by atoms with Gasteiger partial charge in [-0.1, -0.05) is 42.5 Å². The van der Waals surface area contributed by atoms with E-state index in [-0.39, 0.29) is 23.0 Å². The Bertz CT molecular complexity index is 1280. The number of hydrogen-bond donors (Lipinski definition) is 2. The van der Waals surface area contributed by atoms with Gasteiger partial charge in [0.05, 0.1) is 23.0 Å². The van der Waals surface area contributed by atoms with Crippen molar-refractivity contribution < 1.29 is 22.4 Å². The summed E-state index contributed by atoms with van der Waals surface area (Å²) < 4.78 is 40.9. The predicted molar refractivity (Wildman–Crippen MR) is 134 cm³/mol. The molecule has 2 N–H and O–H groups in total. The monoisotopic (exact) mass is 498 g/mol. The molecular formula is C25H27FN4O4S. The van der Waals surface area contributed by atoms with Crippen molar-refractivity contribution in [2.45, 2.75) is 13.0 Å². The molecule has 10 heteroatoms. The Labute approximate surface area is 204 Å². The van der Waals surface area contributed by atoms with Crippen molar-refractivity contribution in [3.05, 3.63) is 95.8 Å². The Hall–Kier alpha value is -3.76. The van der Waals surface area contributed by atoms with Crippen LogP contribution in [0.15, 0.2) is 78.9 Å². The van der Waals surface area contributed by atoms with Gasteiger partial charge in [-0.05, 0) is 48.9 Å². The molecule has 184 valence electrons. The van der Waals surface area contributed by atoms with E-state index in [4.69, 9.17) is 0 Å². The lowest BCUT2D eigenvalue weighted by Crippen LogP contribution is -2.44. The molecule has 0 aliphatic heterocycles. The first kappa shape index (κ1) is 25.9. The number of nitrogens with one attached hydrogen (secondary N) is 2. The minimum Gasteiger partial charge on any atom is -0.345 e. The van der Waals surface area contributed by atoms with E-state index < -0.39 is 34.4 Å². The summed E-state index contributed by atoms with van der Waals surface area (Å²) in [6.45, 7) is 1.27. The maximum absolute atomic E-state index is 13.4. The standard InChI is InChI=1S/C25H27FN4O4S/c1-18(19-9-5-4-6-10-19)27-25(32)22-11-7-8-12-23(22)28-24(31)17-30(35(33,34)29(2)3)21-15-13-20(26)14-16-21/h4-16,18H,17H2,1-3H3,(H,27,32)(H,28,31)/t18-/m1/s1. The van der Waals surface area contributed by atoms with E-state index in [1.807, 2.05) is 37.3 Å². The fraction of sp³-hybridized carbons (Fsp3) is 0.200. The van der Waals surface area contributed by atoms with E-state index in [9.17, 15) is 22.4 Å². The summed E-state index contributed by atoms with van der Waals surface area (Å²) in [5.41, 5.74) is 1.51. The molecule has 3 rings (SSSR count). The highest BCUT2D eigenvalue weighted by Crippen LogP contribution is 2.22. The minimum atomic E-state index is -4.06. The highest BCUT2D eigenvalue weighted by Gasteiger charge is 2.28. The van der Waals surface area contributed by atoms with Crippen molar-refractivity contribution in [1.82, 2.24) is 9.62 Å². The molecule has 0 spiro atoms. The highest BCUT2D eigenvalue weighted by atomic mass is 32.2. The number of carbonyl (C=O) groups excluding carboxylic acids is 2. The topological polar surface area (TPSA) is 98.8 Å². The summed E-state index contributed by atoms with van der Waals surface area (Å²) in [4.78, 5) is 25.9. The summed E-state index contributed by atoms with van der Waals surface area (Å²) >= 11 is 0. The number of hydrogen-bond acceptors (Lipinski definition) is 4. The molecule has 3 aromatic rings. The summed E-state index contributed by atoms with van der Waals surface area (Å²) in [7, 11) is -1.40. The minimum absolute atomic E-state index is 0.123. The van der Waals surface area contributed by atoms with Crippen molar-refractivity contribution in [2.24, 2.45) is 0 Å². The zero-order valence-electron chi connectivity index (χ0n) is 19.6. The van der Waals surface area contributed by atoms with Crippen LogP contribution in [0.3, 0.4) is 0 Å². The SMILES string of the molecule is C[C@@H](NC(=O)c1ccccc1NC(=O)CN(c1ccc(F)cc1)S(=O)(=O)N(C)C)c1ccccc1. The van der Waals surface area contributed by atoms with Gasteiger partial charge >= 0.3 is 10.2 Å². The fourth-order valence-electron chi connectivity index (χ4n) is 3.32. The third-order valence-electron chi connectivity index (χ3n) is 5.23. The van der Waals surface area contributed by atoms with E-state index >= 15 is 0 Å². The van der Waals surface area contributed by atoms with Gasteiger partial charge in [0.2, 0.25) is 5.91 Å². The van der Waals surface area contributed by atoms with Crippen LogP contribution in [-0.2, 0) is 15.0 Å². The number of nitrogens with zero attached hydrogens (tertiary/aromatic N) is 2. The number of amides is 2. The van der Waals surface area contributed by atoms with Crippen molar-refractivity contribution in [3.63, 3.8) is 0 Å². The van der Waals surface area contributed by atoms with E-state index in [2.05, 4.69) is 10.6 Å². The molecular weight excluding hydrogens is 471 g/mol. The van der Waals surface area contributed by atoms with Gasteiger partial charge in [-0.15, -0.1) is 0 Å². The summed E-state index contributed by atoms with van der Waals surface area (Å²) in [5.74, 6) is -1.60. The normalized spacial score (nSPS) is 12.1. The van der Waals surface area contributed by atoms with Crippen LogP contribution in [0, 0.1) is 5.82 Å². The van der Waals surface area contributed by atoms with Crippen LogP contribution in [-0.4, -0.2) is 45.2 Å². The number of rotatable bonds is 9. The molecule has 0 aliphatic carbocycles. The number of anilines is 2. The van der Waals surface area contributed by atoms with Gasteiger partial charge in [0.15, 0.2) is 0 Å². The molecule has 35 heavy (non-hydrogen) atoms. The Balaban J connectivity index is 1.80. The molecule has 0 saturated carbocycles. The molecule has 0 radical (unpaired) electrons. The van der Waals surface area contributed by atoms with Gasteiger partial charge < -0.3 is 10.6 Å². The predicted octanol–water partition coefficient (Wildman–Crippen LogP) is 3.57. The quantitative estimate of drug-likeness (QED) is 0.471. The van der Waals surface area contributed by atoms with Gasteiger partial charge in [0.25, 0.3) is 5.91 Å². The first-order chi connectivity index (χ1) is 16.6. The molecule has 2 amide bonds. The van der Waals surface area contributed by atoms with Crippen LogP contribution >= 0.6 is 0 Å². The molecule has 0 unspecified atom stereocenters. The number of halogens is 1. The lowest BCUT2D eigenvalue weighted by atomic mass is 10.1. The molecule has 0 fully saturated rings. The lowest BCUT2D eigenvalue weighted by Gasteiger charge is -2.27. The Morgan fingerprint density at radius 1 is 0.914 bits per heavy atom. The van der Waals surface area contributed by atoms with E-state index in [0.717, 1.165) is 26.3 Å². The average molecular weight is 499 g/mol. The smallest absolute Gasteiger partial charge is 0.304 e. The van der Waals surface area contributed by atoms with E-state index in [1.165, 1.54) is 26.2 Å². The van der Waals surface area contributed by atoms with Gasteiger partial charge in [-0.2, -0.15) is 12.7 Å². The molecule has 8 nitrogen and oxygen atoms in total.